The second kappa shape index (κ2) is 9.31. The lowest BCUT2D eigenvalue weighted by Crippen LogP contribution is -2.24. The summed E-state index contributed by atoms with van der Waals surface area (Å²) in [6.07, 6.45) is 1.45. The Bertz CT molecular complexity index is 1000. The number of nitrogens with zero attached hydrogens (tertiary/aromatic N) is 5. The number of hydrogen-bond acceptors (Lipinski definition) is 8. The Balaban J connectivity index is 1.64. The van der Waals surface area contributed by atoms with Crippen molar-refractivity contribution in [1.29, 1.82) is 0 Å². The van der Waals surface area contributed by atoms with Crippen molar-refractivity contribution in [1.82, 2.24) is 25.6 Å². The van der Waals surface area contributed by atoms with Crippen LogP contribution in [0.25, 0.3) is 11.4 Å². The Morgan fingerprint density at radius 1 is 1.07 bits per heavy atom. The molecule has 0 unspecified atom stereocenters. The zero-order chi connectivity index (χ0) is 20.6. The summed E-state index contributed by atoms with van der Waals surface area (Å²) in [5, 5.41) is 16.0. The van der Waals surface area contributed by atoms with Crippen LogP contribution in [0, 0.1) is 0 Å². The fourth-order valence-corrected chi connectivity index (χ4v) is 2.58. The van der Waals surface area contributed by atoms with Crippen molar-refractivity contribution >= 4 is 12.1 Å². The summed E-state index contributed by atoms with van der Waals surface area (Å²) < 4.78 is 15.9. The average molecular weight is 396 g/mol. The van der Waals surface area contributed by atoms with Crippen molar-refractivity contribution in [3.8, 4) is 28.6 Å². The third kappa shape index (κ3) is 4.67. The van der Waals surface area contributed by atoms with E-state index in [4.69, 9.17) is 14.2 Å². The molecule has 1 heterocycles. The van der Waals surface area contributed by atoms with Gasteiger partial charge in [-0.3, -0.25) is 4.79 Å². The summed E-state index contributed by atoms with van der Waals surface area (Å²) in [6, 6.07) is 12.8. The number of rotatable bonds is 8. The highest BCUT2D eigenvalue weighted by molar-refractivity contribution is 5.87. The van der Waals surface area contributed by atoms with Gasteiger partial charge in [-0.05, 0) is 17.3 Å². The monoisotopic (exact) mass is 396 g/mol. The van der Waals surface area contributed by atoms with Crippen LogP contribution in [-0.2, 0) is 11.3 Å². The van der Waals surface area contributed by atoms with Crippen LogP contribution in [0.3, 0.4) is 0 Å². The molecule has 1 N–H and O–H groups in total. The number of carbonyl (C=O) groups is 1. The topological polar surface area (TPSA) is 113 Å². The van der Waals surface area contributed by atoms with Gasteiger partial charge in [0.1, 0.15) is 6.54 Å². The first-order valence-electron chi connectivity index (χ1n) is 8.60. The Morgan fingerprint density at radius 3 is 2.52 bits per heavy atom. The number of methoxy groups -OCH3 is 3. The molecule has 0 aliphatic carbocycles. The van der Waals surface area contributed by atoms with Crippen molar-refractivity contribution in [2.45, 2.75) is 6.54 Å². The molecule has 2 aromatic carbocycles. The first-order valence-corrected chi connectivity index (χ1v) is 8.60. The van der Waals surface area contributed by atoms with E-state index in [1.807, 2.05) is 30.3 Å². The maximum Gasteiger partial charge on any atom is 0.263 e. The van der Waals surface area contributed by atoms with Crippen LogP contribution < -0.4 is 19.6 Å². The molecule has 0 aliphatic rings. The molecule has 0 saturated carbocycles. The second-order valence-electron chi connectivity index (χ2n) is 5.73. The number of ether oxygens (including phenoxy) is 3. The van der Waals surface area contributed by atoms with E-state index in [0.29, 0.717) is 28.6 Å². The van der Waals surface area contributed by atoms with E-state index >= 15 is 0 Å². The maximum absolute atomic E-state index is 12.1. The fourth-order valence-electron chi connectivity index (χ4n) is 2.58. The second-order valence-corrected chi connectivity index (χ2v) is 5.73. The van der Waals surface area contributed by atoms with E-state index in [2.05, 4.69) is 25.9 Å². The molecular weight excluding hydrogens is 376 g/mol. The van der Waals surface area contributed by atoms with Crippen LogP contribution in [0.4, 0.5) is 0 Å². The van der Waals surface area contributed by atoms with Gasteiger partial charge in [0, 0.05) is 11.1 Å². The van der Waals surface area contributed by atoms with Crippen LogP contribution in [0.5, 0.6) is 17.2 Å². The van der Waals surface area contributed by atoms with E-state index in [9.17, 15) is 4.79 Å². The Morgan fingerprint density at radius 2 is 1.83 bits per heavy atom. The van der Waals surface area contributed by atoms with Gasteiger partial charge in [-0.2, -0.15) is 9.90 Å². The van der Waals surface area contributed by atoms with Gasteiger partial charge >= 0.3 is 0 Å². The predicted molar refractivity (Wildman–Crippen MR) is 105 cm³/mol. The minimum atomic E-state index is -0.405. The molecule has 0 bridgehead atoms. The molecular formula is C19H20N6O4. The van der Waals surface area contributed by atoms with Crippen molar-refractivity contribution in [2.75, 3.05) is 21.3 Å². The van der Waals surface area contributed by atoms with Crippen LogP contribution in [0.2, 0.25) is 0 Å². The number of carbonyl (C=O) groups excluding carboxylic acids is 1. The molecule has 29 heavy (non-hydrogen) atoms. The van der Waals surface area contributed by atoms with Gasteiger partial charge in [0.25, 0.3) is 5.91 Å². The Hall–Kier alpha value is -3.95. The Kier molecular flexibility index (Phi) is 6.36. The highest BCUT2D eigenvalue weighted by atomic mass is 16.5. The molecule has 0 saturated heterocycles. The molecule has 150 valence electrons. The number of hydrazone groups is 1. The molecule has 0 fully saturated rings. The fraction of sp³-hybridized carbons (Fsp3) is 0.211. The molecule has 3 rings (SSSR count). The zero-order valence-corrected chi connectivity index (χ0v) is 16.2. The molecule has 10 nitrogen and oxygen atoms in total. The SMILES string of the molecule is COc1ccc(/C=N/NC(=O)Cn2nnc(-c3ccccc3)n2)c(OC)c1OC. The lowest BCUT2D eigenvalue weighted by atomic mass is 10.2. The Labute approximate surface area is 167 Å². The summed E-state index contributed by atoms with van der Waals surface area (Å²) in [5.74, 6) is 1.44. The normalized spacial score (nSPS) is 10.7. The molecule has 1 amide bonds. The van der Waals surface area contributed by atoms with Crippen LogP contribution in [0.1, 0.15) is 5.56 Å². The molecule has 3 aromatic rings. The van der Waals surface area contributed by atoms with Crippen LogP contribution in [0.15, 0.2) is 47.6 Å². The largest absolute Gasteiger partial charge is 0.493 e. The summed E-state index contributed by atoms with van der Waals surface area (Å²) in [5.41, 5.74) is 3.84. The average Bonchev–Trinajstić information content (AvgIpc) is 3.22. The molecule has 0 spiro atoms. The lowest BCUT2D eigenvalue weighted by Gasteiger charge is -2.13. The number of aromatic nitrogens is 4. The molecule has 0 atom stereocenters. The number of nitrogens with one attached hydrogen (secondary N) is 1. The summed E-state index contributed by atoms with van der Waals surface area (Å²) in [6.45, 7) is -0.125. The van der Waals surface area contributed by atoms with Crippen LogP contribution in [-0.4, -0.2) is 53.7 Å². The summed E-state index contributed by atoms with van der Waals surface area (Å²) >= 11 is 0. The van der Waals surface area contributed by atoms with Crippen molar-refractivity contribution in [3.63, 3.8) is 0 Å². The standard InChI is InChI=1S/C19H20N6O4/c1-27-15-10-9-14(17(28-2)18(15)29-3)11-20-21-16(26)12-25-23-19(22-24-25)13-7-5-4-6-8-13/h4-11H,12H2,1-3H3,(H,21,26)/b20-11+. The molecule has 10 heteroatoms. The van der Waals surface area contributed by atoms with Gasteiger partial charge in [0.2, 0.25) is 11.6 Å². The number of amides is 1. The number of benzene rings is 2. The van der Waals surface area contributed by atoms with Gasteiger partial charge in [-0.15, -0.1) is 10.2 Å². The van der Waals surface area contributed by atoms with E-state index in [1.165, 1.54) is 32.3 Å². The summed E-state index contributed by atoms with van der Waals surface area (Å²) in [4.78, 5) is 13.3. The van der Waals surface area contributed by atoms with Gasteiger partial charge in [-0.1, -0.05) is 30.3 Å². The van der Waals surface area contributed by atoms with Gasteiger partial charge in [0.15, 0.2) is 11.5 Å². The lowest BCUT2D eigenvalue weighted by molar-refractivity contribution is -0.122. The molecule has 0 radical (unpaired) electrons. The van der Waals surface area contributed by atoms with E-state index < -0.39 is 5.91 Å². The van der Waals surface area contributed by atoms with Crippen molar-refractivity contribution in [2.24, 2.45) is 5.10 Å². The first-order chi connectivity index (χ1) is 14.2. The number of tetrazole rings is 1. The van der Waals surface area contributed by atoms with Crippen molar-refractivity contribution in [3.05, 3.63) is 48.0 Å². The highest BCUT2D eigenvalue weighted by Gasteiger charge is 2.15. The first kappa shape index (κ1) is 19.8. The van der Waals surface area contributed by atoms with Gasteiger partial charge in [-0.25, -0.2) is 5.43 Å². The molecule has 1 aromatic heterocycles. The van der Waals surface area contributed by atoms with E-state index in [1.54, 1.807) is 12.1 Å². The van der Waals surface area contributed by atoms with E-state index in [0.717, 1.165) is 5.56 Å². The van der Waals surface area contributed by atoms with Crippen LogP contribution >= 0.6 is 0 Å². The van der Waals surface area contributed by atoms with Crippen molar-refractivity contribution < 1.29 is 19.0 Å². The third-order valence-corrected chi connectivity index (χ3v) is 3.90. The smallest absolute Gasteiger partial charge is 0.263 e. The van der Waals surface area contributed by atoms with Gasteiger partial charge in [0.05, 0.1) is 27.5 Å². The minimum Gasteiger partial charge on any atom is -0.493 e. The van der Waals surface area contributed by atoms with E-state index in [-0.39, 0.29) is 6.54 Å². The van der Waals surface area contributed by atoms with Gasteiger partial charge < -0.3 is 14.2 Å². The zero-order valence-electron chi connectivity index (χ0n) is 16.2. The quantitative estimate of drug-likeness (QED) is 0.454. The highest BCUT2D eigenvalue weighted by Crippen LogP contribution is 2.38. The predicted octanol–water partition coefficient (Wildman–Crippen LogP) is 1.52. The number of hydrogen-bond donors (Lipinski definition) is 1. The summed E-state index contributed by atoms with van der Waals surface area (Å²) in [7, 11) is 4.55. The third-order valence-electron chi connectivity index (χ3n) is 3.90. The minimum absolute atomic E-state index is 0.125. The maximum atomic E-state index is 12.1. The molecule has 0 aliphatic heterocycles.